The number of rotatable bonds is 0. The Bertz CT molecular complexity index is 10600. The van der Waals surface area contributed by atoms with Crippen molar-refractivity contribution in [2.24, 2.45) is 0 Å². The Labute approximate surface area is 796 Å². The molecule has 0 amide bonds. The first-order valence-electron chi connectivity index (χ1n) is 48.2. The average Bonchev–Trinajstić information content (AvgIpc) is 1.55. The molecule has 16 nitrogen and oxygen atoms in total. The molecule has 28 aromatic rings. The van der Waals surface area contributed by atoms with Crippen LogP contribution in [-0.4, -0.2) is 77.4 Å². The number of fused-ring (bicyclic) bond motifs is 63. The van der Waals surface area contributed by atoms with Crippen molar-refractivity contribution in [3.8, 4) is 89.0 Å². The van der Waals surface area contributed by atoms with Crippen LogP contribution in [0.2, 0.25) is 0 Å². The summed E-state index contributed by atoms with van der Waals surface area (Å²) in [7, 11) is 0. The molecule has 0 atom stereocenters. The normalized spacial score (nSPS) is 13.5. The number of hydrogen-bond donors (Lipinski definition) is 0. The Balaban J connectivity index is 0.0000000829. The minimum atomic E-state index is 0.917. The van der Waals surface area contributed by atoms with Gasteiger partial charge in [-0.3, -0.25) is 37.5 Å². The second-order valence-electron chi connectivity index (χ2n) is 38.7. The van der Waals surface area contributed by atoms with Gasteiger partial charge in [-0.1, -0.05) is 182 Å². The summed E-state index contributed by atoms with van der Waals surface area (Å²) in [5.74, 6) is 0. The highest BCUT2D eigenvalue weighted by Crippen LogP contribution is 2.56. The summed E-state index contributed by atoms with van der Waals surface area (Å²) in [6.45, 7) is 0. The van der Waals surface area contributed by atoms with Crippen LogP contribution >= 0.6 is 0 Å². The molecular formula is C124H72N16. The Morgan fingerprint density at radius 3 is 0.914 bits per heavy atom. The maximum Gasteiger partial charge on any atom is 0.147 e. The number of imidazole rings is 4. The number of aromatic nitrogens is 16. The molecule has 0 bridgehead atoms. The van der Waals surface area contributed by atoms with Crippen molar-refractivity contribution in [1.82, 2.24) is 77.4 Å². The van der Waals surface area contributed by atoms with Crippen LogP contribution in [0.3, 0.4) is 0 Å². The van der Waals surface area contributed by atoms with Gasteiger partial charge in [0.25, 0.3) is 0 Å². The minimum absolute atomic E-state index is 0.917. The van der Waals surface area contributed by atoms with Gasteiger partial charge in [0.2, 0.25) is 0 Å². The van der Waals surface area contributed by atoms with Gasteiger partial charge in [-0.25, -0.2) is 39.9 Å². The SMILES string of the molecule is c1ccc2c(c1)Cc1c-2ccc2c1-c1ccc3c4cccnc4n4c5cnccc5nc4c3c1C2.c1ccc2c(c1)Cc1c-2ccc2c1Cc1c-2ccc2c3cccnc3n3c4cnccc4nc3c12.c1ccc2c(c1)Cc1cc3c(cc1-2)Cc1c-3ccc2c3cccnc3n3c4cnccc4nc3c12.c1ccc2c(c1)Cc1ccc3c(c1-2)Cc1c-3ccc2c3cccnc3n3c4cnccc4nc3c12. The Morgan fingerprint density at radius 2 is 0.450 bits per heavy atom. The first kappa shape index (κ1) is 75.1. The van der Waals surface area contributed by atoms with E-state index in [1.807, 2.05) is 123 Å². The highest BCUT2D eigenvalue weighted by molar-refractivity contribution is 6.21. The van der Waals surface area contributed by atoms with Crippen LogP contribution < -0.4 is 0 Å². The fourth-order valence-corrected chi connectivity index (χ4v) is 26.2. The van der Waals surface area contributed by atoms with Gasteiger partial charge in [0, 0.05) is 99.1 Å². The summed E-state index contributed by atoms with van der Waals surface area (Å²) in [6.07, 6.45) is 30.0. The molecule has 8 aliphatic carbocycles. The number of pyridine rings is 12. The number of benzene rings is 12. The third-order valence-electron chi connectivity index (χ3n) is 32.0. The molecule has 16 aromatic heterocycles. The molecule has 0 N–H and O–H groups in total. The van der Waals surface area contributed by atoms with E-state index < -0.39 is 0 Å². The second-order valence-corrected chi connectivity index (χ2v) is 38.7. The van der Waals surface area contributed by atoms with E-state index >= 15 is 0 Å². The highest BCUT2D eigenvalue weighted by Gasteiger charge is 2.37. The van der Waals surface area contributed by atoms with E-state index in [1.54, 1.807) is 0 Å². The molecule has 0 unspecified atom stereocenters. The van der Waals surface area contributed by atoms with Crippen LogP contribution in [0.5, 0.6) is 0 Å². The fraction of sp³-hybridized carbons (Fsp3) is 0.0645. The maximum atomic E-state index is 5.13. The van der Waals surface area contributed by atoms with Gasteiger partial charge in [-0.2, -0.15) is 0 Å². The first-order valence-corrected chi connectivity index (χ1v) is 48.2. The Morgan fingerprint density at radius 1 is 0.171 bits per heavy atom. The van der Waals surface area contributed by atoms with Crippen LogP contribution in [0.1, 0.15) is 89.0 Å². The van der Waals surface area contributed by atoms with E-state index in [9.17, 15) is 0 Å². The molecule has 0 saturated carbocycles. The van der Waals surface area contributed by atoms with Crippen molar-refractivity contribution in [1.29, 1.82) is 0 Å². The lowest BCUT2D eigenvalue weighted by atomic mass is 9.94. The molecule has 16 heterocycles. The maximum absolute atomic E-state index is 5.13. The molecule has 16 heteroatoms. The van der Waals surface area contributed by atoms with Gasteiger partial charge in [0.1, 0.15) is 45.2 Å². The summed E-state index contributed by atoms with van der Waals surface area (Å²) < 4.78 is 8.79. The van der Waals surface area contributed by atoms with E-state index in [4.69, 9.17) is 39.9 Å². The molecule has 0 saturated heterocycles. The molecule has 36 rings (SSSR count). The lowest BCUT2D eigenvalue weighted by Gasteiger charge is -2.12. The standard InChI is InChI=1S/4C31H18N4/c1-2-5-19-17(4-1)14-24-20(19)8-7-18-15-25-22(28(18)24)10-9-21-23-6-3-12-33-30(23)35-27-16-32-13-11-26(27)34-31(35)29(21)25;1-2-5-19-17(4-1)14-18-7-8-20-21-9-10-22-23-6-3-12-33-30(23)35-27-16-32-13-11-26(27)34-31(35)29(22)25(21)15-24(20)28(18)19;1-2-5-18-17(4-1)14-24-19(18)7-8-20-21-9-10-22-23-6-3-12-33-30(23)35-28-16-32-13-11-27(28)34-31(35)29(22)26(21)15-25(20)24;1-2-5-20-17(4-1)12-18-13-25-19(14-24(18)20)15-26-21(25)7-8-22-23-6-3-10-33-30(23)35-28-16-32-11-9-27(28)34-31(35)29(22)26/h3*1-13,16H,14-15H2;1-11,13-14,16H,12,15H2. The zero-order valence-corrected chi connectivity index (χ0v) is 75.1. The number of hydrogen-bond acceptors (Lipinski definition) is 12. The van der Waals surface area contributed by atoms with Gasteiger partial charge in [-0.15, -0.1) is 0 Å². The third kappa shape index (κ3) is 10.1. The first-order chi connectivity index (χ1) is 69.4. The summed E-state index contributed by atoms with van der Waals surface area (Å²) in [6, 6.07) is 97.4. The van der Waals surface area contributed by atoms with E-state index in [1.165, 1.54) is 221 Å². The summed E-state index contributed by atoms with van der Waals surface area (Å²) in [5.41, 5.74) is 60.2. The van der Waals surface area contributed by atoms with E-state index in [0.717, 1.165) is 162 Å². The highest BCUT2D eigenvalue weighted by atomic mass is 15.1. The van der Waals surface area contributed by atoms with E-state index in [2.05, 4.69) is 256 Å². The van der Waals surface area contributed by atoms with Gasteiger partial charge in [0.05, 0.1) is 68.9 Å². The monoisotopic (exact) mass is 1780 g/mol. The molecule has 0 fully saturated rings. The summed E-state index contributed by atoms with van der Waals surface area (Å²) in [4.78, 5) is 57.2. The largest absolute Gasteiger partial charge is 0.274 e. The zero-order valence-electron chi connectivity index (χ0n) is 75.1. The van der Waals surface area contributed by atoms with E-state index in [0.29, 0.717) is 0 Å². The quantitative estimate of drug-likeness (QED) is 0.132. The van der Waals surface area contributed by atoms with Crippen molar-refractivity contribution in [3.63, 3.8) is 0 Å². The molecule has 0 radical (unpaired) electrons. The molecule has 12 aromatic carbocycles. The predicted octanol–water partition coefficient (Wildman–Crippen LogP) is 26.9. The minimum Gasteiger partial charge on any atom is -0.274 e. The molecular weight excluding hydrogens is 1710 g/mol. The van der Waals surface area contributed by atoms with Crippen LogP contribution in [-0.2, 0) is 51.4 Å². The van der Waals surface area contributed by atoms with Crippen molar-refractivity contribution in [2.75, 3.05) is 0 Å². The van der Waals surface area contributed by atoms with Gasteiger partial charge in [-0.05, 0) is 329 Å². The topological polar surface area (TPSA) is 172 Å². The molecule has 0 spiro atoms. The average molecular weight is 1790 g/mol. The number of nitrogens with zero attached hydrogens (tertiary/aromatic N) is 16. The van der Waals surface area contributed by atoms with E-state index in [-0.39, 0.29) is 0 Å². The van der Waals surface area contributed by atoms with Crippen LogP contribution in [0, 0.1) is 0 Å². The summed E-state index contributed by atoms with van der Waals surface area (Å²) >= 11 is 0. The van der Waals surface area contributed by atoms with Crippen LogP contribution in [0.4, 0.5) is 0 Å². The molecule has 0 aliphatic heterocycles. The van der Waals surface area contributed by atoms with Gasteiger partial charge >= 0.3 is 0 Å². The zero-order chi connectivity index (χ0) is 90.7. The predicted molar refractivity (Wildman–Crippen MR) is 559 cm³/mol. The molecule has 648 valence electrons. The lowest BCUT2D eigenvalue weighted by Crippen LogP contribution is -1.97. The van der Waals surface area contributed by atoms with Gasteiger partial charge in [0.15, 0.2) is 0 Å². The van der Waals surface area contributed by atoms with Crippen molar-refractivity contribution < 1.29 is 0 Å². The van der Waals surface area contributed by atoms with Gasteiger partial charge < -0.3 is 0 Å². The van der Waals surface area contributed by atoms with Crippen molar-refractivity contribution in [2.45, 2.75) is 51.4 Å². The lowest BCUT2D eigenvalue weighted by molar-refractivity contribution is 1.17. The molecule has 8 aliphatic rings. The Hall–Kier alpha value is -18.3. The molecule has 140 heavy (non-hydrogen) atoms. The second kappa shape index (κ2) is 27.7. The third-order valence-corrected chi connectivity index (χ3v) is 32.0. The van der Waals surface area contributed by atoms with Crippen LogP contribution in [0.15, 0.2) is 341 Å². The Kier molecular flexibility index (Phi) is 14.9. The summed E-state index contributed by atoms with van der Waals surface area (Å²) in [5, 5.41) is 14.4. The van der Waals surface area contributed by atoms with Crippen LogP contribution in [0.25, 0.3) is 243 Å². The smallest absolute Gasteiger partial charge is 0.147 e. The fourth-order valence-electron chi connectivity index (χ4n) is 26.2. The van der Waals surface area contributed by atoms with Crippen molar-refractivity contribution >= 4 is 154 Å². The van der Waals surface area contributed by atoms with Crippen molar-refractivity contribution in [3.05, 3.63) is 430 Å².